The average Bonchev–Trinajstić information content (AvgIpc) is 1.88. The normalized spacial score (nSPS) is 4.55. The van der Waals surface area contributed by atoms with E-state index in [4.69, 9.17) is 5.26 Å². The number of carbonyl (C=O) groups excluding carboxylic acids is 1. The zero-order chi connectivity index (χ0) is 7.70. The fourth-order valence-electron chi connectivity index (χ4n) is 0.134. The second-order valence-electron chi connectivity index (χ2n) is 0.974. The van der Waals surface area contributed by atoms with Crippen LogP contribution in [-0.4, -0.2) is 5.91 Å². The molecule has 0 aliphatic carbocycles. The monoisotopic (exact) mass is 501 g/mol. The van der Waals surface area contributed by atoms with Crippen molar-refractivity contribution >= 4 is 5.91 Å². The Balaban J connectivity index is -0.0000000564. The molecule has 11 heavy (non-hydrogen) atoms. The molecule has 0 aliphatic rings. The summed E-state index contributed by atoms with van der Waals surface area (Å²) < 4.78 is 0. The number of nitriles is 1. The molecular formula is C6H11N2ORe2-. The minimum absolute atomic E-state index is 0. The minimum atomic E-state index is -0.221. The summed E-state index contributed by atoms with van der Waals surface area (Å²) in [6.45, 7) is 6.37. The molecule has 5 heteroatoms. The standard InChI is InChI=1S/C4H5N2O.C2H6.2Re/c1-4(7)6-3-2-5;1-2;;/h3H,1H3,(H,6,7);1-2H3;;/q-1;;;. The van der Waals surface area contributed by atoms with Crippen molar-refractivity contribution in [2.75, 3.05) is 0 Å². The number of nitrogens with one attached hydrogen (secondary N) is 1. The van der Waals surface area contributed by atoms with Gasteiger partial charge in [0, 0.05) is 47.8 Å². The van der Waals surface area contributed by atoms with Gasteiger partial charge in [0.05, 0.1) is 0 Å². The molecule has 0 spiro atoms. The number of rotatable bonds is 1. The molecule has 0 saturated heterocycles. The summed E-state index contributed by atoms with van der Waals surface area (Å²) in [6, 6.07) is 1.64. The topological polar surface area (TPSA) is 52.9 Å². The summed E-state index contributed by atoms with van der Waals surface area (Å²) in [5.74, 6) is -0.221. The van der Waals surface area contributed by atoms with E-state index in [0.29, 0.717) is 0 Å². The van der Waals surface area contributed by atoms with E-state index < -0.39 is 0 Å². The van der Waals surface area contributed by atoms with E-state index >= 15 is 0 Å². The van der Waals surface area contributed by atoms with Crippen LogP contribution in [0.15, 0.2) is 0 Å². The van der Waals surface area contributed by atoms with Gasteiger partial charge in [0.2, 0.25) is 0 Å². The van der Waals surface area contributed by atoms with Crippen LogP contribution >= 0.6 is 0 Å². The average molecular weight is 500 g/mol. The number of hydrogen-bond donors (Lipinski definition) is 1. The van der Waals surface area contributed by atoms with Gasteiger partial charge in [0.25, 0.3) is 0 Å². The number of carbonyl (C=O) groups is 1. The Hall–Kier alpha value is 0.155. The van der Waals surface area contributed by atoms with Crippen molar-refractivity contribution in [3.63, 3.8) is 0 Å². The van der Waals surface area contributed by atoms with Gasteiger partial charge in [-0.1, -0.05) is 19.9 Å². The summed E-state index contributed by atoms with van der Waals surface area (Å²) in [5.41, 5.74) is 0. The van der Waals surface area contributed by atoms with Gasteiger partial charge in [-0.05, 0) is 0 Å². The predicted molar refractivity (Wildman–Crippen MR) is 35.1 cm³/mol. The van der Waals surface area contributed by atoms with Crippen LogP contribution in [0, 0.1) is 17.9 Å². The molecule has 0 bridgehead atoms. The van der Waals surface area contributed by atoms with Crippen LogP contribution in [0.3, 0.4) is 0 Å². The van der Waals surface area contributed by atoms with Crippen LogP contribution in [0.5, 0.6) is 0 Å². The second kappa shape index (κ2) is 22.5. The maximum atomic E-state index is 9.91. The maximum absolute atomic E-state index is 9.91. The molecule has 0 heterocycles. The first-order valence-electron chi connectivity index (χ1n) is 2.76. The molecule has 0 aromatic carbocycles. The van der Waals surface area contributed by atoms with Crippen LogP contribution in [-0.2, 0) is 45.6 Å². The van der Waals surface area contributed by atoms with Crippen LogP contribution in [0.4, 0.5) is 0 Å². The van der Waals surface area contributed by atoms with E-state index in [-0.39, 0.29) is 46.8 Å². The smallest absolute Gasteiger partial charge is 0.191 e. The summed E-state index contributed by atoms with van der Waals surface area (Å²) >= 11 is 0. The van der Waals surface area contributed by atoms with E-state index in [9.17, 15) is 4.79 Å². The largest absolute Gasteiger partial charge is 0.477 e. The molecule has 0 atom stereocenters. The molecule has 0 aromatic rings. The maximum Gasteiger partial charge on any atom is 0.191 e. The van der Waals surface area contributed by atoms with Crippen molar-refractivity contribution in [2.24, 2.45) is 0 Å². The first-order valence-corrected chi connectivity index (χ1v) is 2.76. The zero-order valence-corrected chi connectivity index (χ0v) is 12.1. The molecule has 3 nitrogen and oxygen atoms in total. The summed E-state index contributed by atoms with van der Waals surface area (Å²) in [7, 11) is 0. The minimum Gasteiger partial charge on any atom is -0.477 e. The van der Waals surface area contributed by atoms with Crippen LogP contribution in [0.2, 0.25) is 0 Å². The van der Waals surface area contributed by atoms with E-state index in [0.717, 1.165) is 6.54 Å². The van der Waals surface area contributed by atoms with Crippen molar-refractivity contribution in [2.45, 2.75) is 20.8 Å². The van der Waals surface area contributed by atoms with Gasteiger partial charge in [-0.15, -0.1) is 0 Å². The summed E-state index contributed by atoms with van der Waals surface area (Å²) in [5, 5.41) is 9.96. The molecule has 1 N–H and O–H groups in total. The van der Waals surface area contributed by atoms with Gasteiger partial charge in [0.15, 0.2) is 5.91 Å². The molecule has 0 saturated carbocycles. The quantitative estimate of drug-likeness (QED) is 0.544. The second-order valence-corrected chi connectivity index (χ2v) is 0.974. The molecule has 1 amide bonds. The Morgan fingerprint density at radius 3 is 1.91 bits per heavy atom. The van der Waals surface area contributed by atoms with Gasteiger partial charge in [-0.2, -0.15) is 0 Å². The Bertz CT molecular complexity index is 112. The molecular weight excluding hydrogens is 488 g/mol. The fraction of sp³-hybridized carbons (Fsp3) is 0.500. The van der Waals surface area contributed by atoms with Gasteiger partial charge in [-0.25, -0.2) is 11.8 Å². The van der Waals surface area contributed by atoms with E-state index in [1.807, 2.05) is 13.8 Å². The molecule has 0 fully saturated rings. The third-order valence-electron chi connectivity index (χ3n) is 0.340. The molecule has 0 aromatic heterocycles. The van der Waals surface area contributed by atoms with Gasteiger partial charge < -0.3 is 5.32 Å². The fourth-order valence-corrected chi connectivity index (χ4v) is 0.134. The van der Waals surface area contributed by atoms with Gasteiger partial charge >= 0.3 is 0 Å². The Labute approximate surface area is 95.2 Å². The van der Waals surface area contributed by atoms with Crippen LogP contribution < -0.4 is 5.32 Å². The van der Waals surface area contributed by atoms with Crippen molar-refractivity contribution in [1.82, 2.24) is 5.32 Å². The van der Waals surface area contributed by atoms with Crippen LogP contribution in [0.25, 0.3) is 0 Å². The zero-order valence-electron chi connectivity index (χ0n) is 6.69. The molecule has 0 unspecified atom stereocenters. The van der Waals surface area contributed by atoms with Crippen molar-refractivity contribution in [3.8, 4) is 6.07 Å². The number of nitrogens with zero attached hydrogens (tertiary/aromatic N) is 1. The van der Waals surface area contributed by atoms with Crippen molar-refractivity contribution < 1.29 is 45.6 Å². The summed E-state index contributed by atoms with van der Waals surface area (Å²) in [6.07, 6.45) is 0. The molecule has 66 valence electrons. The molecule has 2 radical (unpaired) electrons. The van der Waals surface area contributed by atoms with Crippen LogP contribution in [0.1, 0.15) is 20.8 Å². The predicted octanol–water partition coefficient (Wildman–Crippen LogP) is 0.829. The number of amides is 1. The van der Waals surface area contributed by atoms with E-state index in [2.05, 4.69) is 5.32 Å². The van der Waals surface area contributed by atoms with Gasteiger partial charge in [0.1, 0.15) is 0 Å². The molecule has 0 rings (SSSR count). The third kappa shape index (κ3) is 39.1. The van der Waals surface area contributed by atoms with E-state index in [1.165, 1.54) is 6.92 Å². The van der Waals surface area contributed by atoms with Gasteiger partial charge in [-0.3, -0.25) is 4.79 Å². The van der Waals surface area contributed by atoms with Crippen molar-refractivity contribution in [3.05, 3.63) is 6.54 Å². The first kappa shape index (κ1) is 22.5. The SMILES string of the molecule is CC.CC(=O)N[CH-]C#N.[Re].[Re]. The Kier molecular flexibility index (Phi) is 45.9. The van der Waals surface area contributed by atoms with E-state index in [1.54, 1.807) is 6.07 Å². The third-order valence-corrected chi connectivity index (χ3v) is 0.340. The Morgan fingerprint density at radius 1 is 1.45 bits per heavy atom. The Morgan fingerprint density at radius 2 is 1.82 bits per heavy atom. The van der Waals surface area contributed by atoms with Crippen molar-refractivity contribution in [1.29, 1.82) is 5.26 Å². The summed E-state index contributed by atoms with van der Waals surface area (Å²) in [4.78, 5) is 9.91. The first-order chi connectivity index (χ1) is 4.27. The molecule has 0 aliphatic heterocycles. The number of hydrogen-bond acceptors (Lipinski definition) is 2.